The van der Waals surface area contributed by atoms with Crippen molar-refractivity contribution in [3.63, 3.8) is 0 Å². The molecule has 5 heteroatoms. The molecule has 25 heavy (non-hydrogen) atoms. The summed E-state index contributed by atoms with van der Waals surface area (Å²) >= 11 is 0. The Hall–Kier alpha value is -1.36. The molecular formula is C20H34N4O. The summed E-state index contributed by atoms with van der Waals surface area (Å²) in [6.45, 7) is 11.8. The second kappa shape index (κ2) is 8.35. The number of aryl methyl sites for hydroxylation is 2. The van der Waals surface area contributed by atoms with Gasteiger partial charge in [0.25, 0.3) is 0 Å². The zero-order valence-electron chi connectivity index (χ0n) is 16.2. The third kappa shape index (κ3) is 4.84. The minimum absolute atomic E-state index is 0.387. The van der Waals surface area contributed by atoms with Crippen LogP contribution in [-0.4, -0.2) is 57.7 Å². The lowest BCUT2D eigenvalue weighted by molar-refractivity contribution is -0.130. The summed E-state index contributed by atoms with van der Waals surface area (Å²) in [4.78, 5) is 16.9. The molecule has 2 saturated heterocycles. The van der Waals surface area contributed by atoms with E-state index < -0.39 is 0 Å². The highest BCUT2D eigenvalue weighted by atomic mass is 16.2. The maximum atomic E-state index is 12.2. The summed E-state index contributed by atoms with van der Waals surface area (Å²) in [5, 5.41) is 4.59. The van der Waals surface area contributed by atoms with Crippen LogP contribution in [0.2, 0.25) is 0 Å². The fraction of sp³-hybridized carbons (Fsp3) is 0.800. The van der Waals surface area contributed by atoms with Crippen LogP contribution < -0.4 is 0 Å². The van der Waals surface area contributed by atoms with Crippen molar-refractivity contribution in [3.8, 4) is 0 Å². The molecular weight excluding hydrogens is 312 g/mol. The Morgan fingerprint density at radius 2 is 1.88 bits per heavy atom. The summed E-state index contributed by atoms with van der Waals surface area (Å²) in [6.07, 6.45) is 6.68. The number of likely N-dealkylation sites (tertiary alicyclic amines) is 2. The van der Waals surface area contributed by atoms with Crippen LogP contribution in [0.5, 0.6) is 0 Å². The highest BCUT2D eigenvalue weighted by Crippen LogP contribution is 2.24. The molecule has 1 aromatic rings. The highest BCUT2D eigenvalue weighted by molar-refractivity contribution is 5.76. The van der Waals surface area contributed by atoms with Crippen molar-refractivity contribution in [2.75, 3.05) is 26.2 Å². The molecule has 0 saturated carbocycles. The average molecular weight is 347 g/mol. The van der Waals surface area contributed by atoms with E-state index in [2.05, 4.69) is 46.4 Å². The van der Waals surface area contributed by atoms with Crippen molar-refractivity contribution >= 4 is 5.91 Å². The van der Waals surface area contributed by atoms with E-state index in [-0.39, 0.29) is 0 Å². The molecule has 0 spiro atoms. The summed E-state index contributed by atoms with van der Waals surface area (Å²) in [5.41, 5.74) is 2.35. The number of carbonyl (C=O) groups is 1. The molecule has 0 unspecified atom stereocenters. The normalized spacial score (nSPS) is 21.0. The van der Waals surface area contributed by atoms with Crippen molar-refractivity contribution in [3.05, 3.63) is 17.5 Å². The lowest BCUT2D eigenvalue weighted by Crippen LogP contribution is -2.42. The molecule has 140 valence electrons. The zero-order chi connectivity index (χ0) is 17.8. The molecule has 1 amide bonds. The molecule has 0 aromatic carbocycles. The lowest BCUT2D eigenvalue weighted by Gasteiger charge is -2.36. The number of hydrogen-bond donors (Lipinski definition) is 0. The van der Waals surface area contributed by atoms with Gasteiger partial charge in [0, 0.05) is 31.2 Å². The Morgan fingerprint density at radius 1 is 1.20 bits per heavy atom. The molecule has 2 aliphatic heterocycles. The summed E-state index contributed by atoms with van der Waals surface area (Å²) < 4.78 is 2.14. The van der Waals surface area contributed by atoms with Gasteiger partial charge in [-0.15, -0.1) is 0 Å². The molecule has 3 heterocycles. The van der Waals surface area contributed by atoms with Crippen molar-refractivity contribution in [2.24, 2.45) is 5.92 Å². The van der Waals surface area contributed by atoms with Gasteiger partial charge in [0.2, 0.25) is 5.91 Å². The number of amides is 1. The van der Waals surface area contributed by atoms with Gasteiger partial charge in [-0.1, -0.05) is 0 Å². The van der Waals surface area contributed by atoms with E-state index in [1.807, 2.05) is 0 Å². The van der Waals surface area contributed by atoms with Crippen LogP contribution in [0.4, 0.5) is 0 Å². The van der Waals surface area contributed by atoms with E-state index >= 15 is 0 Å². The van der Waals surface area contributed by atoms with E-state index in [4.69, 9.17) is 0 Å². The summed E-state index contributed by atoms with van der Waals surface area (Å²) in [6, 6.07) is 2.67. The second-order valence-corrected chi connectivity index (χ2v) is 8.06. The molecule has 3 rings (SSSR count). The molecule has 2 aliphatic rings. The summed E-state index contributed by atoms with van der Waals surface area (Å²) in [7, 11) is 0. The predicted molar refractivity (Wildman–Crippen MR) is 101 cm³/mol. The lowest BCUT2D eigenvalue weighted by atomic mass is 9.91. The molecule has 0 radical (unpaired) electrons. The Labute approximate surface area is 152 Å². The van der Waals surface area contributed by atoms with Crippen LogP contribution in [0.3, 0.4) is 0 Å². The van der Waals surface area contributed by atoms with Crippen LogP contribution in [0.1, 0.15) is 56.8 Å². The van der Waals surface area contributed by atoms with Gasteiger partial charge in [0.05, 0.1) is 12.2 Å². The van der Waals surface area contributed by atoms with Gasteiger partial charge in [-0.05, 0) is 77.9 Å². The molecule has 1 atom stereocenters. The van der Waals surface area contributed by atoms with E-state index in [0.29, 0.717) is 11.9 Å². The first-order valence-electron chi connectivity index (χ1n) is 10.1. The fourth-order valence-corrected chi connectivity index (χ4v) is 4.36. The largest absolute Gasteiger partial charge is 0.343 e. The Bertz CT molecular complexity index is 568. The van der Waals surface area contributed by atoms with Crippen molar-refractivity contribution in [1.29, 1.82) is 0 Å². The third-order valence-electron chi connectivity index (χ3n) is 6.04. The Balaban J connectivity index is 1.39. The van der Waals surface area contributed by atoms with Gasteiger partial charge >= 0.3 is 0 Å². The quantitative estimate of drug-likeness (QED) is 0.795. The molecule has 1 aromatic heterocycles. The zero-order valence-corrected chi connectivity index (χ0v) is 16.2. The van der Waals surface area contributed by atoms with E-state index in [1.165, 1.54) is 31.4 Å². The van der Waals surface area contributed by atoms with Gasteiger partial charge in [-0.25, -0.2) is 0 Å². The van der Waals surface area contributed by atoms with Crippen LogP contribution in [0.25, 0.3) is 0 Å². The SMILES string of the molecule is Cc1cc(C)n(C[C@@H](C)N2CCC(CCC(=O)N3CCCC3)CC2)n1. The van der Waals surface area contributed by atoms with Gasteiger partial charge in [0.15, 0.2) is 0 Å². The number of hydrogen-bond acceptors (Lipinski definition) is 3. The number of rotatable bonds is 6. The molecule has 0 bridgehead atoms. The van der Waals surface area contributed by atoms with E-state index in [9.17, 15) is 4.79 Å². The maximum absolute atomic E-state index is 12.2. The van der Waals surface area contributed by atoms with Gasteiger partial charge in [0.1, 0.15) is 0 Å². The van der Waals surface area contributed by atoms with Crippen molar-refractivity contribution < 1.29 is 4.79 Å². The van der Waals surface area contributed by atoms with Gasteiger partial charge < -0.3 is 4.90 Å². The maximum Gasteiger partial charge on any atom is 0.222 e. The smallest absolute Gasteiger partial charge is 0.222 e. The van der Waals surface area contributed by atoms with Crippen LogP contribution in [0, 0.1) is 19.8 Å². The van der Waals surface area contributed by atoms with Crippen molar-refractivity contribution in [2.45, 2.75) is 71.9 Å². The van der Waals surface area contributed by atoms with Gasteiger partial charge in [-0.2, -0.15) is 5.10 Å². The Morgan fingerprint density at radius 3 is 2.48 bits per heavy atom. The first kappa shape index (κ1) is 18.4. The second-order valence-electron chi connectivity index (χ2n) is 8.06. The first-order valence-corrected chi connectivity index (χ1v) is 10.1. The Kier molecular flexibility index (Phi) is 6.15. The number of nitrogens with zero attached hydrogens (tertiary/aromatic N) is 4. The van der Waals surface area contributed by atoms with Crippen LogP contribution >= 0.6 is 0 Å². The number of piperidine rings is 1. The standard InChI is InChI=1S/C20H34N4O/c1-16-14-17(2)24(21-16)15-18(3)22-12-8-19(9-13-22)6-7-20(25)23-10-4-5-11-23/h14,18-19H,4-13,15H2,1-3H3/t18-/m1/s1. The average Bonchev–Trinajstić information content (AvgIpc) is 3.23. The predicted octanol–water partition coefficient (Wildman–Crippen LogP) is 3.00. The van der Waals surface area contributed by atoms with Crippen molar-refractivity contribution in [1.82, 2.24) is 19.6 Å². The fourth-order valence-electron chi connectivity index (χ4n) is 4.36. The topological polar surface area (TPSA) is 41.4 Å². The molecule has 0 aliphatic carbocycles. The van der Waals surface area contributed by atoms with E-state index in [0.717, 1.165) is 57.2 Å². The first-order chi connectivity index (χ1) is 12.0. The minimum Gasteiger partial charge on any atom is -0.343 e. The molecule has 5 nitrogen and oxygen atoms in total. The molecule has 2 fully saturated rings. The van der Waals surface area contributed by atoms with Crippen LogP contribution in [0.15, 0.2) is 6.07 Å². The minimum atomic E-state index is 0.387. The number of aromatic nitrogens is 2. The highest BCUT2D eigenvalue weighted by Gasteiger charge is 2.25. The number of carbonyl (C=O) groups excluding carboxylic acids is 1. The van der Waals surface area contributed by atoms with E-state index in [1.54, 1.807) is 0 Å². The summed E-state index contributed by atoms with van der Waals surface area (Å²) in [5.74, 6) is 1.11. The monoisotopic (exact) mass is 346 g/mol. The van der Waals surface area contributed by atoms with Crippen LogP contribution in [-0.2, 0) is 11.3 Å². The van der Waals surface area contributed by atoms with Gasteiger partial charge in [-0.3, -0.25) is 14.4 Å². The molecule has 0 N–H and O–H groups in total. The third-order valence-corrected chi connectivity index (χ3v) is 6.04.